The van der Waals surface area contributed by atoms with E-state index in [4.69, 9.17) is 14.7 Å². The number of carbonyl (C=O) groups is 1. The van der Waals surface area contributed by atoms with Crippen molar-refractivity contribution in [3.8, 4) is 17.6 Å². The van der Waals surface area contributed by atoms with Crippen molar-refractivity contribution in [1.29, 1.82) is 5.26 Å². The number of nitrogens with zero attached hydrogens (tertiary/aromatic N) is 4. The summed E-state index contributed by atoms with van der Waals surface area (Å²) in [6.45, 7) is 3.91. The Hall–Kier alpha value is -3.27. The molecule has 28 heavy (non-hydrogen) atoms. The summed E-state index contributed by atoms with van der Waals surface area (Å²) in [6.07, 6.45) is 2.81. The maximum atomic E-state index is 12.6. The van der Waals surface area contributed by atoms with E-state index in [2.05, 4.69) is 16.0 Å². The molecule has 0 atom stereocenters. The van der Waals surface area contributed by atoms with E-state index in [0.717, 1.165) is 36.0 Å². The minimum absolute atomic E-state index is 0.160. The average molecular weight is 378 g/mol. The van der Waals surface area contributed by atoms with Gasteiger partial charge in [-0.2, -0.15) is 5.26 Å². The number of fused-ring (bicyclic) bond motifs is 1. The molecule has 144 valence electrons. The molecule has 0 unspecified atom stereocenters. The number of carbonyl (C=O) groups excluding carboxylic acids is 1. The van der Waals surface area contributed by atoms with Crippen LogP contribution in [0.4, 0.5) is 5.82 Å². The standard InChI is InChI=1S/C21H22N4O3/c22-15-17-5-6-23-20(14-17)24-7-9-25(10-8-24)21(26)4-2-16-1-3-18-19(13-16)28-12-11-27-18/h1,3,5-6,13-14H,2,4,7-12H2. The molecular formula is C21H22N4O3. The number of benzene rings is 1. The topological polar surface area (TPSA) is 78.7 Å². The minimum Gasteiger partial charge on any atom is -0.486 e. The molecule has 0 N–H and O–H groups in total. The van der Waals surface area contributed by atoms with Crippen molar-refractivity contribution in [2.75, 3.05) is 44.3 Å². The second-order valence-corrected chi connectivity index (χ2v) is 6.86. The summed E-state index contributed by atoms with van der Waals surface area (Å²) in [6, 6.07) is 11.5. The van der Waals surface area contributed by atoms with Crippen LogP contribution in [0.15, 0.2) is 36.5 Å². The van der Waals surface area contributed by atoms with Gasteiger partial charge in [0.2, 0.25) is 5.91 Å². The van der Waals surface area contributed by atoms with Gasteiger partial charge in [0.05, 0.1) is 11.6 Å². The molecule has 2 aliphatic rings. The summed E-state index contributed by atoms with van der Waals surface area (Å²) >= 11 is 0. The van der Waals surface area contributed by atoms with Crippen LogP contribution >= 0.6 is 0 Å². The van der Waals surface area contributed by atoms with E-state index in [9.17, 15) is 4.79 Å². The van der Waals surface area contributed by atoms with Gasteiger partial charge in [-0.05, 0) is 36.2 Å². The lowest BCUT2D eigenvalue weighted by Crippen LogP contribution is -2.49. The van der Waals surface area contributed by atoms with Crippen molar-refractivity contribution >= 4 is 11.7 Å². The smallest absolute Gasteiger partial charge is 0.223 e. The van der Waals surface area contributed by atoms with E-state index in [1.807, 2.05) is 23.1 Å². The van der Waals surface area contributed by atoms with Crippen LogP contribution in [0.5, 0.6) is 11.5 Å². The Balaban J connectivity index is 1.29. The molecule has 1 saturated heterocycles. The highest BCUT2D eigenvalue weighted by Crippen LogP contribution is 2.31. The van der Waals surface area contributed by atoms with Gasteiger partial charge in [0.15, 0.2) is 11.5 Å². The fraction of sp³-hybridized carbons (Fsp3) is 0.381. The Morgan fingerprint density at radius 1 is 1.07 bits per heavy atom. The Kier molecular flexibility index (Phi) is 5.29. The third-order valence-corrected chi connectivity index (χ3v) is 5.07. The zero-order chi connectivity index (χ0) is 19.3. The maximum absolute atomic E-state index is 12.6. The average Bonchev–Trinajstić information content (AvgIpc) is 2.77. The van der Waals surface area contributed by atoms with Crippen molar-refractivity contribution < 1.29 is 14.3 Å². The van der Waals surface area contributed by atoms with Gasteiger partial charge in [0, 0.05) is 38.8 Å². The van der Waals surface area contributed by atoms with E-state index in [1.165, 1.54) is 0 Å². The first-order chi connectivity index (χ1) is 13.7. The molecule has 2 aromatic rings. The molecule has 3 heterocycles. The van der Waals surface area contributed by atoms with Crippen LogP contribution in [0.1, 0.15) is 17.5 Å². The number of amides is 1. The molecule has 1 aromatic heterocycles. The number of hydrogen-bond acceptors (Lipinski definition) is 6. The number of aryl methyl sites for hydroxylation is 1. The summed E-state index contributed by atoms with van der Waals surface area (Å²) in [7, 11) is 0. The Bertz CT molecular complexity index is 901. The number of nitriles is 1. The third kappa shape index (κ3) is 4.01. The Morgan fingerprint density at radius 2 is 1.86 bits per heavy atom. The van der Waals surface area contributed by atoms with Gasteiger partial charge < -0.3 is 19.3 Å². The molecule has 7 heteroatoms. The first-order valence-electron chi connectivity index (χ1n) is 9.50. The fourth-order valence-corrected chi connectivity index (χ4v) is 3.50. The van der Waals surface area contributed by atoms with Gasteiger partial charge in [0.1, 0.15) is 19.0 Å². The molecule has 7 nitrogen and oxygen atoms in total. The number of piperazine rings is 1. The zero-order valence-corrected chi connectivity index (χ0v) is 15.6. The molecule has 0 bridgehead atoms. The summed E-state index contributed by atoms with van der Waals surface area (Å²) in [5.74, 6) is 2.49. The van der Waals surface area contributed by atoms with Crippen LogP contribution in [0, 0.1) is 11.3 Å². The molecule has 2 aliphatic heterocycles. The second-order valence-electron chi connectivity index (χ2n) is 6.86. The molecule has 0 spiro atoms. The molecule has 0 saturated carbocycles. The highest BCUT2D eigenvalue weighted by Gasteiger charge is 2.22. The number of pyridine rings is 1. The molecular weight excluding hydrogens is 356 g/mol. The van der Waals surface area contributed by atoms with Crippen LogP contribution in [-0.4, -0.2) is 55.2 Å². The van der Waals surface area contributed by atoms with Crippen molar-refractivity contribution in [2.24, 2.45) is 0 Å². The Labute approximate surface area is 164 Å². The maximum Gasteiger partial charge on any atom is 0.223 e. The van der Waals surface area contributed by atoms with Crippen molar-refractivity contribution in [3.63, 3.8) is 0 Å². The van der Waals surface area contributed by atoms with Gasteiger partial charge in [0.25, 0.3) is 0 Å². The third-order valence-electron chi connectivity index (χ3n) is 5.07. The van der Waals surface area contributed by atoms with Gasteiger partial charge in [-0.3, -0.25) is 4.79 Å². The van der Waals surface area contributed by atoms with Crippen LogP contribution in [0.2, 0.25) is 0 Å². The molecule has 0 radical (unpaired) electrons. The van der Waals surface area contributed by atoms with Gasteiger partial charge >= 0.3 is 0 Å². The first-order valence-corrected chi connectivity index (χ1v) is 9.50. The quantitative estimate of drug-likeness (QED) is 0.810. The van der Waals surface area contributed by atoms with Crippen LogP contribution < -0.4 is 14.4 Å². The van der Waals surface area contributed by atoms with Crippen LogP contribution in [0.3, 0.4) is 0 Å². The fourth-order valence-electron chi connectivity index (χ4n) is 3.50. The molecule has 1 aromatic carbocycles. The van der Waals surface area contributed by atoms with Crippen LogP contribution in [-0.2, 0) is 11.2 Å². The predicted octanol–water partition coefficient (Wildman–Crippen LogP) is 2.01. The van der Waals surface area contributed by atoms with Crippen molar-refractivity contribution in [2.45, 2.75) is 12.8 Å². The van der Waals surface area contributed by atoms with E-state index < -0.39 is 0 Å². The summed E-state index contributed by atoms with van der Waals surface area (Å²) in [4.78, 5) is 21.0. The second kappa shape index (κ2) is 8.17. The number of aromatic nitrogens is 1. The zero-order valence-electron chi connectivity index (χ0n) is 15.6. The minimum atomic E-state index is 0.160. The highest BCUT2D eigenvalue weighted by molar-refractivity contribution is 5.76. The number of anilines is 1. The summed E-state index contributed by atoms with van der Waals surface area (Å²) < 4.78 is 11.1. The van der Waals surface area contributed by atoms with Crippen LogP contribution in [0.25, 0.3) is 0 Å². The number of rotatable bonds is 4. The monoisotopic (exact) mass is 378 g/mol. The lowest BCUT2D eigenvalue weighted by molar-refractivity contribution is -0.131. The van der Waals surface area contributed by atoms with E-state index >= 15 is 0 Å². The molecule has 1 amide bonds. The molecule has 1 fully saturated rings. The summed E-state index contributed by atoms with van der Waals surface area (Å²) in [5.41, 5.74) is 1.68. The van der Waals surface area contributed by atoms with E-state index in [-0.39, 0.29) is 5.91 Å². The van der Waals surface area contributed by atoms with Gasteiger partial charge in [-0.1, -0.05) is 6.07 Å². The summed E-state index contributed by atoms with van der Waals surface area (Å²) in [5, 5.41) is 9.03. The number of ether oxygens (including phenoxy) is 2. The molecule has 4 rings (SSSR count). The van der Waals surface area contributed by atoms with Gasteiger partial charge in [-0.25, -0.2) is 4.98 Å². The SMILES string of the molecule is N#Cc1ccnc(N2CCN(C(=O)CCc3ccc4c(c3)OCCO4)CC2)c1. The predicted molar refractivity (Wildman–Crippen MR) is 103 cm³/mol. The van der Waals surface area contributed by atoms with E-state index in [1.54, 1.807) is 18.3 Å². The number of hydrogen-bond donors (Lipinski definition) is 0. The van der Waals surface area contributed by atoms with E-state index in [0.29, 0.717) is 44.7 Å². The largest absolute Gasteiger partial charge is 0.486 e. The van der Waals surface area contributed by atoms with Gasteiger partial charge in [-0.15, -0.1) is 0 Å². The normalized spacial score (nSPS) is 15.8. The lowest BCUT2D eigenvalue weighted by atomic mass is 10.1. The van der Waals surface area contributed by atoms with Crippen molar-refractivity contribution in [3.05, 3.63) is 47.7 Å². The Morgan fingerprint density at radius 3 is 2.64 bits per heavy atom. The highest BCUT2D eigenvalue weighted by atomic mass is 16.6. The first kappa shape index (κ1) is 18.1. The van der Waals surface area contributed by atoms with Crippen molar-refractivity contribution in [1.82, 2.24) is 9.88 Å². The lowest BCUT2D eigenvalue weighted by Gasteiger charge is -2.35. The molecule has 0 aliphatic carbocycles.